The Kier molecular flexibility index (Phi) is 71.9. The topological polar surface area (TPSA) is 156 Å². The van der Waals surface area contributed by atoms with Crippen molar-refractivity contribution in [2.75, 3.05) is 7.15 Å². The van der Waals surface area contributed by atoms with E-state index >= 15 is 0 Å². The van der Waals surface area contributed by atoms with Crippen LogP contribution in [0, 0.1) is 42.3 Å². The summed E-state index contributed by atoms with van der Waals surface area (Å²) in [5, 5.41) is 17.7. The van der Waals surface area contributed by atoms with Crippen LogP contribution in [0.4, 0.5) is 4.39 Å². The van der Waals surface area contributed by atoms with Crippen LogP contribution < -0.4 is 113 Å². The quantitative estimate of drug-likeness (QED) is 0.0205. The molecule has 9 aromatic carbocycles. The first-order valence-corrected chi connectivity index (χ1v) is 37.7. The molecule has 0 aliphatic rings. The molecule has 6 heterocycles. The molecule has 0 amide bonds. The fourth-order valence-corrected chi connectivity index (χ4v) is 11.3. The van der Waals surface area contributed by atoms with E-state index in [1.807, 2.05) is 224 Å². The number of phenolic OH excluding ortho intramolecular Hbond substituents is 1. The molecule has 0 saturated carbocycles. The number of ether oxygens (including phenoxy) is 1. The van der Waals surface area contributed by atoms with E-state index in [2.05, 4.69) is 172 Å². The molecule has 0 aliphatic heterocycles. The zero-order valence-electron chi connectivity index (χ0n) is 68.3. The molecule has 0 saturated heterocycles. The summed E-state index contributed by atoms with van der Waals surface area (Å²) in [7, 11) is -1.00. The Morgan fingerprint density at radius 2 is 0.699 bits per heavy atom. The van der Waals surface area contributed by atoms with Gasteiger partial charge < -0.3 is 51.3 Å². The number of aromatic nitrogens is 6. The Bertz CT molecular complexity index is 4530. The second-order valence-electron chi connectivity index (χ2n) is 25.1. The minimum absolute atomic E-state index is 0. The van der Waals surface area contributed by atoms with Gasteiger partial charge in [-0.2, -0.15) is 0 Å². The molecule has 15 aromatic rings. The van der Waals surface area contributed by atoms with Gasteiger partial charge in [0, 0.05) is 60.4 Å². The van der Waals surface area contributed by atoms with E-state index in [9.17, 15) is 9.50 Å². The molecular formula is C105H115Cl2FIr2K2N6O5. The van der Waals surface area contributed by atoms with E-state index in [1.165, 1.54) is 34.2 Å². The number of phenols is 1. The third kappa shape index (κ3) is 47.2. The van der Waals surface area contributed by atoms with Crippen LogP contribution in [0.2, 0.25) is 0 Å². The van der Waals surface area contributed by atoms with E-state index < -0.39 is 7.15 Å². The van der Waals surface area contributed by atoms with Crippen LogP contribution >= 0.6 is 23.2 Å². The van der Waals surface area contributed by atoms with Crippen LogP contribution in [0.15, 0.2) is 353 Å². The first-order chi connectivity index (χ1) is 55.9. The minimum atomic E-state index is -1.00. The van der Waals surface area contributed by atoms with Crippen molar-refractivity contribution in [3.8, 4) is 79.0 Å². The molecule has 0 bridgehead atoms. The Labute approximate surface area is 860 Å². The molecule has 636 valence electrons. The van der Waals surface area contributed by atoms with Crippen molar-refractivity contribution in [2.24, 2.45) is 5.92 Å². The number of nitrogens with zero attached hydrogens (tertiary/aromatic N) is 6. The largest absolute Gasteiger partial charge is 3.00 e. The monoisotopic (exact) mass is 2090 g/mol. The van der Waals surface area contributed by atoms with Gasteiger partial charge in [-0.3, -0.25) is 9.18 Å². The minimum Gasteiger partial charge on any atom is -1.00 e. The summed E-state index contributed by atoms with van der Waals surface area (Å²) in [6, 6.07) is 122. The number of aromatic hydroxyl groups is 1. The molecule has 11 nitrogen and oxygen atoms in total. The van der Waals surface area contributed by atoms with Gasteiger partial charge in [-0.1, -0.05) is 218 Å². The van der Waals surface area contributed by atoms with E-state index in [4.69, 9.17) is 39.4 Å². The number of benzene rings is 9. The first kappa shape index (κ1) is 119. The number of hydrogen-bond acceptors (Lipinski definition) is 11. The summed E-state index contributed by atoms with van der Waals surface area (Å²) in [6.07, 6.45) is 14.1. The maximum absolute atomic E-state index is 9.96. The molecule has 0 fully saturated rings. The molecule has 15 rings (SSSR count). The van der Waals surface area contributed by atoms with Gasteiger partial charge in [0.1, 0.15) is 6.61 Å². The van der Waals surface area contributed by atoms with E-state index in [-0.39, 0.29) is 201 Å². The van der Waals surface area contributed by atoms with Crippen molar-refractivity contribution in [1.82, 2.24) is 29.9 Å². The number of pyridine rings is 6. The van der Waals surface area contributed by atoms with Gasteiger partial charge in [0.25, 0.3) is 6.47 Å². The zero-order valence-corrected chi connectivity index (χ0v) is 78.9. The molecule has 1 N–H and O–H groups in total. The number of alkyl halides is 3. The van der Waals surface area contributed by atoms with Crippen LogP contribution in [-0.4, -0.2) is 48.6 Å². The van der Waals surface area contributed by atoms with Crippen molar-refractivity contribution in [3.63, 3.8) is 0 Å². The van der Waals surface area contributed by atoms with Crippen molar-refractivity contribution in [3.05, 3.63) is 422 Å². The van der Waals surface area contributed by atoms with Gasteiger partial charge in [0.2, 0.25) is 0 Å². The summed E-state index contributed by atoms with van der Waals surface area (Å²) in [6.45, 7) is 9.47. The zero-order chi connectivity index (χ0) is 80.8. The van der Waals surface area contributed by atoms with Gasteiger partial charge in [0.15, 0.2) is 0 Å². The molecule has 6 aromatic heterocycles. The number of carbonyl (C=O) groups excluding carboxylic acids is 1. The van der Waals surface area contributed by atoms with E-state index in [0.717, 1.165) is 91.7 Å². The molecule has 18 heteroatoms. The second-order valence-corrected chi connectivity index (χ2v) is 25.6. The second kappa shape index (κ2) is 74.3. The Balaban J connectivity index is -0.000000456. The number of carbonyl (C=O) groups is 1. The van der Waals surface area contributed by atoms with E-state index in [1.54, 1.807) is 55.4 Å². The Morgan fingerprint density at radius 1 is 0.415 bits per heavy atom. The summed E-state index contributed by atoms with van der Waals surface area (Å²) >= 11 is 11.6. The Morgan fingerprint density at radius 3 is 0.992 bits per heavy atom. The molecule has 123 heavy (non-hydrogen) atoms. The summed E-state index contributed by atoms with van der Waals surface area (Å²) in [5.74, 6) is 4.03. The van der Waals surface area contributed by atoms with Crippen LogP contribution in [0.25, 0.3) is 67.5 Å². The van der Waals surface area contributed by atoms with Crippen LogP contribution in [0.3, 0.4) is 0 Å². The van der Waals surface area contributed by atoms with Gasteiger partial charge >= 0.3 is 143 Å². The summed E-state index contributed by atoms with van der Waals surface area (Å²) in [5.41, 5.74) is 19.2. The summed E-state index contributed by atoms with van der Waals surface area (Å²) in [4.78, 5) is 36.7. The average molecular weight is 2090 g/mol. The summed E-state index contributed by atoms with van der Waals surface area (Å²) < 4.78 is 21.5. The van der Waals surface area contributed by atoms with Gasteiger partial charge in [-0.05, 0) is 141 Å². The predicted octanol–water partition coefficient (Wildman–Crippen LogP) is 21.6. The molecule has 0 radical (unpaired) electrons. The first-order valence-electron chi connectivity index (χ1n) is 37.3. The van der Waals surface area contributed by atoms with Crippen LogP contribution in [0.5, 0.6) is 11.5 Å². The fraction of sp³-hybridized carbons (Fsp3) is 0.190. The van der Waals surface area contributed by atoms with Gasteiger partial charge in [-0.15, -0.1) is 226 Å². The van der Waals surface area contributed by atoms with E-state index in [0.29, 0.717) is 36.1 Å². The molecule has 3 unspecified atom stereocenters. The normalized spacial score (nSPS) is 9.93. The molecule has 3 atom stereocenters. The van der Waals surface area contributed by atoms with Gasteiger partial charge in [0.05, 0.1) is 8.52 Å². The van der Waals surface area contributed by atoms with Crippen molar-refractivity contribution in [1.29, 1.82) is 0 Å². The smallest absolute Gasteiger partial charge is 1.00 e. The van der Waals surface area contributed by atoms with Crippen molar-refractivity contribution in [2.45, 2.75) is 122 Å². The maximum Gasteiger partial charge on any atom is 3.00 e. The average Bonchev–Trinajstić information content (AvgIpc) is 0.865. The van der Waals surface area contributed by atoms with Crippen molar-refractivity contribution >= 4 is 29.7 Å². The maximum atomic E-state index is 9.96. The van der Waals surface area contributed by atoms with Crippen LogP contribution in [-0.2, 0) is 74.7 Å². The van der Waals surface area contributed by atoms with Crippen molar-refractivity contribution < 1.29 is 175 Å². The number of halogens is 3. The number of hydrogen-bond donors (Lipinski definition) is 1. The predicted molar refractivity (Wildman–Crippen MR) is 496 cm³/mol. The molecule has 0 aliphatic carbocycles. The molecule has 0 spiro atoms. The number of rotatable bonds is 19. The SMILES string of the molecule is C.C.C.C.C.C.CC(Cc1ccc(CCl)cc1)CC(C)c1ccc(COc2cc[c-]c(-c3ccccn3)c2)cc1.CCC(C)c1ccc(CCl)cc1.O=CO[O-].Oc1cc[c-]c(-c2ccccn2)c1.[2H]CF.[H-].[Ir+3].[Ir+3].[K+].[K+].[c-]1ccccc1-c1ccccn1.[c-]1ccccc1-c1ccccn1.[c-]1ccccc1-c1ccccn1.[c-]1ccccc1-c1ccccn1. The molecular weight excluding hydrogens is 1980 g/mol. The standard InChI is InChI=1S/C31H31ClNO.C11H15Cl.C11H8NO.4C11H8N.CH3F.CH2O3.6CH4.2Ir.2K.H/c1-23(19-25-9-11-26(21-32)12-10-25)18-24(2)28-15-13-27(14-16-28)22-34-30-7-5-6-29(20-30)31-8-3-4-17-33-31;1-3-9(2)11-6-4-10(8-12)5-7-11;13-10-5-3-4-9(8-10)11-6-1-2-7-12-11;4*1-2-6-10(7-3-1)11-8-4-5-9-12-11;1-2;2-1-4-3;;;;;;;;;;;/h3-5,7-17,20,23-24H,18-19,21-22H2,1-2H3;4-7,9H,3,8H2,1-2H3;1-3,5-8,13H;4*1-6,8-9H;1H3;1,3H;6*1H4;;;;;/q-1;;5*-1;;;;;;;;;2*+3;2*+1;-1/p-1/i;;;;;;;1D;;;;;;;;;;;;. The van der Waals surface area contributed by atoms with Crippen LogP contribution in [0.1, 0.15) is 133 Å². The Hall–Kier alpha value is -8.01. The third-order valence-electron chi connectivity index (χ3n) is 16.9. The third-order valence-corrected chi connectivity index (χ3v) is 17.5. The fourth-order valence-electron chi connectivity index (χ4n) is 10.9. The van der Waals surface area contributed by atoms with Gasteiger partial charge in [-0.25, -0.2) is 0 Å².